The summed E-state index contributed by atoms with van der Waals surface area (Å²) >= 11 is 0. The van der Waals surface area contributed by atoms with E-state index in [9.17, 15) is 19.2 Å². The number of hydrogen-bond donors (Lipinski definition) is 2. The van der Waals surface area contributed by atoms with Crippen LogP contribution in [0.5, 0.6) is 0 Å². The van der Waals surface area contributed by atoms with Gasteiger partial charge in [0.25, 0.3) is 0 Å². The molecule has 0 radical (unpaired) electrons. The molecule has 0 bridgehead atoms. The predicted octanol–water partition coefficient (Wildman–Crippen LogP) is 2.72. The van der Waals surface area contributed by atoms with Crippen LogP contribution in [0.2, 0.25) is 0 Å². The lowest BCUT2D eigenvalue weighted by Gasteiger charge is -2.19. The average molecular weight is 451 g/mol. The summed E-state index contributed by atoms with van der Waals surface area (Å²) in [5.74, 6) is -1.88. The van der Waals surface area contributed by atoms with Crippen LogP contribution in [0.3, 0.4) is 0 Å². The third-order valence-electron chi connectivity index (χ3n) is 4.28. The summed E-state index contributed by atoms with van der Waals surface area (Å²) in [6, 6.07) is 9.28. The number of nitrogens with one attached hydrogen (secondary N) is 2. The van der Waals surface area contributed by atoms with Crippen molar-refractivity contribution in [1.29, 1.82) is 0 Å². The van der Waals surface area contributed by atoms with Crippen LogP contribution in [0.4, 0.5) is 4.79 Å². The van der Waals surface area contributed by atoms with Crippen LogP contribution in [0.1, 0.15) is 52.0 Å². The Morgan fingerprint density at radius 1 is 1.00 bits per heavy atom. The minimum absolute atomic E-state index is 0.0638. The Labute approximate surface area is 189 Å². The third-order valence-corrected chi connectivity index (χ3v) is 4.28. The van der Waals surface area contributed by atoms with Crippen molar-refractivity contribution < 1.29 is 33.4 Å². The molecule has 9 heteroatoms. The number of methoxy groups -OCH3 is 1. The van der Waals surface area contributed by atoms with Crippen LogP contribution in [0.15, 0.2) is 30.3 Å². The Morgan fingerprint density at radius 2 is 1.69 bits per heavy atom. The summed E-state index contributed by atoms with van der Waals surface area (Å²) in [6.45, 7) is 5.54. The molecule has 2 amide bonds. The average Bonchev–Trinajstić information content (AvgIpc) is 2.74. The fourth-order valence-corrected chi connectivity index (χ4v) is 2.74. The molecular formula is C23H34N2O7. The van der Waals surface area contributed by atoms with Crippen molar-refractivity contribution in [2.24, 2.45) is 5.92 Å². The molecule has 0 heterocycles. The molecule has 0 fully saturated rings. The molecule has 0 saturated carbocycles. The SMILES string of the molecule is COC(=O)[C@H](CCCCNC(=O)CNC(=O)OC(C)(C)C)CC(=O)OCc1ccccc1. The van der Waals surface area contributed by atoms with Gasteiger partial charge in [-0.1, -0.05) is 36.8 Å². The van der Waals surface area contributed by atoms with Gasteiger partial charge in [-0.15, -0.1) is 0 Å². The van der Waals surface area contributed by atoms with Gasteiger partial charge in [-0.3, -0.25) is 14.4 Å². The van der Waals surface area contributed by atoms with Crippen molar-refractivity contribution >= 4 is 23.9 Å². The first-order chi connectivity index (χ1) is 15.1. The Kier molecular flexibility index (Phi) is 11.8. The molecule has 0 aromatic heterocycles. The molecule has 0 aliphatic heterocycles. The number of carbonyl (C=O) groups is 4. The van der Waals surface area contributed by atoms with Gasteiger partial charge in [-0.2, -0.15) is 0 Å². The molecule has 0 unspecified atom stereocenters. The summed E-state index contributed by atoms with van der Waals surface area (Å²) in [7, 11) is 1.28. The van der Waals surface area contributed by atoms with Crippen molar-refractivity contribution in [3.05, 3.63) is 35.9 Å². The van der Waals surface area contributed by atoms with Crippen LogP contribution in [-0.4, -0.2) is 49.7 Å². The highest BCUT2D eigenvalue weighted by atomic mass is 16.6. The Morgan fingerprint density at radius 3 is 2.31 bits per heavy atom. The summed E-state index contributed by atoms with van der Waals surface area (Å²) in [5.41, 5.74) is 0.234. The van der Waals surface area contributed by atoms with Gasteiger partial charge in [0, 0.05) is 6.54 Å². The van der Waals surface area contributed by atoms with Gasteiger partial charge < -0.3 is 24.8 Å². The van der Waals surface area contributed by atoms with E-state index in [1.807, 2.05) is 30.3 Å². The topological polar surface area (TPSA) is 120 Å². The van der Waals surface area contributed by atoms with Gasteiger partial charge in [-0.05, 0) is 39.2 Å². The second-order valence-electron chi connectivity index (χ2n) is 8.27. The lowest BCUT2D eigenvalue weighted by molar-refractivity contribution is -0.154. The van der Waals surface area contributed by atoms with Gasteiger partial charge in [0.05, 0.1) is 26.0 Å². The van der Waals surface area contributed by atoms with Gasteiger partial charge in [0.15, 0.2) is 0 Å². The number of ether oxygens (including phenoxy) is 3. The fraction of sp³-hybridized carbons (Fsp3) is 0.565. The largest absolute Gasteiger partial charge is 0.469 e. The normalized spacial score (nSPS) is 11.8. The summed E-state index contributed by atoms with van der Waals surface area (Å²) in [4.78, 5) is 47.4. The molecule has 1 atom stereocenters. The highest BCUT2D eigenvalue weighted by Gasteiger charge is 2.23. The summed E-state index contributed by atoms with van der Waals surface area (Å²) < 4.78 is 15.1. The molecule has 9 nitrogen and oxygen atoms in total. The number of amides is 2. The van der Waals surface area contributed by atoms with Crippen LogP contribution in [-0.2, 0) is 35.2 Å². The monoisotopic (exact) mass is 450 g/mol. The highest BCUT2D eigenvalue weighted by molar-refractivity contribution is 5.82. The number of esters is 2. The van der Waals surface area contributed by atoms with Crippen molar-refractivity contribution in [1.82, 2.24) is 10.6 Å². The van der Waals surface area contributed by atoms with E-state index in [1.165, 1.54) is 7.11 Å². The first-order valence-electron chi connectivity index (χ1n) is 10.6. The van der Waals surface area contributed by atoms with Crippen LogP contribution in [0, 0.1) is 5.92 Å². The van der Waals surface area contributed by atoms with E-state index in [2.05, 4.69) is 10.6 Å². The second-order valence-corrected chi connectivity index (χ2v) is 8.27. The van der Waals surface area contributed by atoms with Crippen LogP contribution < -0.4 is 10.6 Å². The van der Waals surface area contributed by atoms with Gasteiger partial charge in [0.2, 0.25) is 5.91 Å². The number of hydrogen-bond acceptors (Lipinski definition) is 7. The van der Waals surface area contributed by atoms with E-state index in [-0.39, 0.29) is 25.5 Å². The van der Waals surface area contributed by atoms with E-state index in [0.717, 1.165) is 5.56 Å². The van der Waals surface area contributed by atoms with Crippen molar-refractivity contribution in [2.75, 3.05) is 20.2 Å². The molecule has 0 saturated heterocycles. The second kappa shape index (κ2) is 14.1. The number of rotatable bonds is 12. The zero-order valence-corrected chi connectivity index (χ0v) is 19.3. The van der Waals surface area contributed by atoms with Gasteiger partial charge >= 0.3 is 18.0 Å². The molecule has 0 spiro atoms. The van der Waals surface area contributed by atoms with E-state index < -0.39 is 29.6 Å². The van der Waals surface area contributed by atoms with E-state index in [0.29, 0.717) is 25.8 Å². The minimum Gasteiger partial charge on any atom is -0.469 e. The third kappa shape index (κ3) is 12.6. The van der Waals surface area contributed by atoms with E-state index in [4.69, 9.17) is 14.2 Å². The zero-order valence-electron chi connectivity index (χ0n) is 19.3. The van der Waals surface area contributed by atoms with Gasteiger partial charge in [-0.25, -0.2) is 4.79 Å². The zero-order chi connectivity index (χ0) is 24.0. The first-order valence-corrected chi connectivity index (χ1v) is 10.6. The quantitative estimate of drug-likeness (QED) is 0.285. The van der Waals surface area contributed by atoms with Gasteiger partial charge in [0.1, 0.15) is 12.2 Å². The van der Waals surface area contributed by atoms with Crippen LogP contribution >= 0.6 is 0 Å². The van der Waals surface area contributed by atoms with E-state index in [1.54, 1.807) is 20.8 Å². The maximum absolute atomic E-state index is 12.1. The molecule has 1 aromatic carbocycles. The Balaban J connectivity index is 2.27. The predicted molar refractivity (Wildman–Crippen MR) is 117 cm³/mol. The fourth-order valence-electron chi connectivity index (χ4n) is 2.74. The maximum Gasteiger partial charge on any atom is 0.408 e. The molecule has 178 valence electrons. The lowest BCUT2D eigenvalue weighted by atomic mass is 9.98. The highest BCUT2D eigenvalue weighted by Crippen LogP contribution is 2.16. The summed E-state index contributed by atoms with van der Waals surface area (Å²) in [5, 5.41) is 5.06. The number of unbranched alkanes of at least 4 members (excludes halogenated alkanes) is 1. The molecule has 0 aliphatic carbocycles. The first kappa shape index (κ1) is 26.9. The Bertz CT molecular complexity index is 744. The number of benzene rings is 1. The van der Waals surface area contributed by atoms with Crippen LogP contribution in [0.25, 0.3) is 0 Å². The molecule has 2 N–H and O–H groups in total. The lowest BCUT2D eigenvalue weighted by Crippen LogP contribution is -2.39. The summed E-state index contributed by atoms with van der Waals surface area (Å²) in [6.07, 6.45) is 0.911. The van der Waals surface area contributed by atoms with E-state index >= 15 is 0 Å². The minimum atomic E-state index is -0.660. The Hall–Kier alpha value is -3.10. The van der Waals surface area contributed by atoms with Crippen molar-refractivity contribution in [2.45, 2.75) is 58.7 Å². The molecule has 0 aliphatic rings. The smallest absolute Gasteiger partial charge is 0.408 e. The molecular weight excluding hydrogens is 416 g/mol. The molecule has 32 heavy (non-hydrogen) atoms. The maximum atomic E-state index is 12.1. The number of carbonyl (C=O) groups excluding carboxylic acids is 4. The molecule has 1 aromatic rings. The number of alkyl carbamates (subject to hydrolysis) is 1. The molecule has 1 rings (SSSR count). The van der Waals surface area contributed by atoms with Crippen molar-refractivity contribution in [3.63, 3.8) is 0 Å². The standard InChI is InChI=1S/C23H34N2O7/c1-23(2,3)32-22(29)25-15-19(26)24-13-9-8-12-18(21(28)30-4)14-20(27)31-16-17-10-6-5-7-11-17/h5-7,10-11,18H,8-9,12-16H2,1-4H3,(H,24,26)(H,25,29)/t18-/m1/s1. The van der Waals surface area contributed by atoms with Crippen molar-refractivity contribution in [3.8, 4) is 0 Å².